The smallest absolute Gasteiger partial charge is 0.346 e. The van der Waals surface area contributed by atoms with Crippen molar-refractivity contribution >= 4 is 5.91 Å². The van der Waals surface area contributed by atoms with Crippen molar-refractivity contribution in [3.05, 3.63) is 53.4 Å². The number of alkyl halides is 3. The first-order chi connectivity index (χ1) is 13.5. The van der Waals surface area contributed by atoms with E-state index in [-0.39, 0.29) is 29.1 Å². The lowest BCUT2D eigenvalue weighted by atomic mass is 9.78. The topological polar surface area (TPSA) is 101 Å². The normalized spacial score (nSPS) is 13.3. The van der Waals surface area contributed by atoms with Crippen LogP contribution in [0.4, 0.5) is 13.2 Å². The number of nitrogens with one attached hydrogen (secondary N) is 2. The number of hydrogen-bond acceptors (Lipinski definition) is 5. The number of carbonyl (C=O) groups excluding carboxylic acids is 1. The molecule has 0 saturated carbocycles. The monoisotopic (exact) mass is 407 g/mol. The summed E-state index contributed by atoms with van der Waals surface area (Å²) in [5.41, 5.74) is 0.669. The van der Waals surface area contributed by atoms with Gasteiger partial charge in [-0.15, -0.1) is 10.2 Å². The van der Waals surface area contributed by atoms with Gasteiger partial charge in [0.1, 0.15) is 5.82 Å². The number of H-pyrrole nitrogens is 1. The molecule has 0 saturated heterocycles. The van der Waals surface area contributed by atoms with Crippen LogP contribution >= 0.6 is 0 Å². The van der Waals surface area contributed by atoms with Crippen molar-refractivity contribution in [3.63, 3.8) is 0 Å². The van der Waals surface area contributed by atoms with Gasteiger partial charge >= 0.3 is 6.18 Å². The predicted octanol–water partition coefficient (Wildman–Crippen LogP) is 2.81. The van der Waals surface area contributed by atoms with Crippen LogP contribution in [0.15, 0.2) is 30.3 Å². The fourth-order valence-electron chi connectivity index (χ4n) is 2.71. The molecule has 29 heavy (non-hydrogen) atoms. The Labute approximate surface area is 164 Å². The number of carbonyl (C=O) groups is 1. The molecule has 2 heterocycles. The number of aromatic amines is 1. The van der Waals surface area contributed by atoms with Crippen molar-refractivity contribution in [3.8, 4) is 5.95 Å². The number of halogens is 3. The fraction of sp³-hybridized carbons (Fsp3) is 0.389. The molecule has 0 fully saturated rings. The molecule has 11 heteroatoms. The van der Waals surface area contributed by atoms with Crippen LogP contribution in [0.25, 0.3) is 5.95 Å². The van der Waals surface area contributed by atoms with Crippen molar-refractivity contribution in [1.29, 1.82) is 0 Å². The summed E-state index contributed by atoms with van der Waals surface area (Å²) in [6.07, 6.45) is -4.67. The molecule has 3 rings (SSSR count). The molecule has 0 aliphatic carbocycles. The Balaban J connectivity index is 1.79. The molecule has 0 spiro atoms. The fourth-order valence-corrected chi connectivity index (χ4v) is 2.71. The van der Waals surface area contributed by atoms with Gasteiger partial charge in [-0.3, -0.25) is 9.89 Å². The number of aromatic nitrogens is 6. The van der Waals surface area contributed by atoms with Crippen LogP contribution in [-0.4, -0.2) is 41.9 Å². The third-order valence-electron chi connectivity index (χ3n) is 4.85. The van der Waals surface area contributed by atoms with Crippen LogP contribution in [0.2, 0.25) is 0 Å². The zero-order valence-electron chi connectivity index (χ0n) is 16.2. The van der Waals surface area contributed by atoms with Gasteiger partial charge in [0.25, 0.3) is 11.9 Å². The van der Waals surface area contributed by atoms with Crippen LogP contribution in [0, 0.1) is 6.92 Å². The summed E-state index contributed by atoms with van der Waals surface area (Å²) in [5, 5.41) is 12.1. The second-order valence-corrected chi connectivity index (χ2v) is 7.16. The molecule has 3 aromatic rings. The van der Waals surface area contributed by atoms with E-state index in [1.54, 1.807) is 5.10 Å². The molecule has 0 bridgehead atoms. The van der Waals surface area contributed by atoms with Crippen molar-refractivity contribution in [2.45, 2.75) is 45.3 Å². The van der Waals surface area contributed by atoms with E-state index in [0.717, 1.165) is 10.2 Å². The summed E-state index contributed by atoms with van der Waals surface area (Å²) in [6.45, 7) is 7.35. The van der Waals surface area contributed by atoms with E-state index >= 15 is 0 Å². The number of benzene rings is 1. The van der Waals surface area contributed by atoms with Gasteiger partial charge in [-0.25, -0.2) is 4.98 Å². The number of amides is 1. The maximum Gasteiger partial charge on any atom is 0.451 e. The maximum absolute atomic E-state index is 12.7. The molecule has 0 aliphatic rings. The zero-order chi connectivity index (χ0) is 21.4. The van der Waals surface area contributed by atoms with E-state index in [1.165, 1.54) is 6.92 Å². The van der Waals surface area contributed by atoms with Gasteiger partial charge in [-0.1, -0.05) is 44.2 Å². The molecule has 0 aliphatic heterocycles. The van der Waals surface area contributed by atoms with Crippen molar-refractivity contribution in [2.75, 3.05) is 0 Å². The summed E-state index contributed by atoms with van der Waals surface area (Å²) in [7, 11) is 0. The first-order valence-electron chi connectivity index (χ1n) is 8.80. The molecule has 1 aromatic carbocycles. The Bertz CT molecular complexity index is 1010. The molecule has 2 N–H and O–H groups in total. The number of aryl methyl sites for hydroxylation is 1. The zero-order valence-corrected chi connectivity index (χ0v) is 16.2. The molecule has 0 radical (unpaired) electrons. The van der Waals surface area contributed by atoms with Gasteiger partial charge < -0.3 is 5.32 Å². The Hall–Kier alpha value is -3.24. The lowest BCUT2D eigenvalue weighted by Crippen LogP contribution is -2.45. The van der Waals surface area contributed by atoms with E-state index in [1.807, 2.05) is 51.1 Å². The quantitative estimate of drug-likeness (QED) is 0.677. The lowest BCUT2D eigenvalue weighted by molar-refractivity contribution is -0.144. The van der Waals surface area contributed by atoms with Gasteiger partial charge in [0.15, 0.2) is 0 Å². The maximum atomic E-state index is 12.7. The first-order valence-corrected chi connectivity index (χ1v) is 8.80. The summed E-state index contributed by atoms with van der Waals surface area (Å²) < 4.78 is 39.1. The molecular weight excluding hydrogens is 387 g/mol. The van der Waals surface area contributed by atoms with E-state index in [9.17, 15) is 18.0 Å². The largest absolute Gasteiger partial charge is 0.451 e. The Kier molecular flexibility index (Phi) is 5.16. The number of hydrogen-bond donors (Lipinski definition) is 2. The average Bonchev–Trinajstić information content (AvgIpc) is 3.28. The van der Waals surface area contributed by atoms with Gasteiger partial charge in [-0.05, 0) is 19.4 Å². The molecule has 2 aromatic heterocycles. The highest BCUT2D eigenvalue weighted by Gasteiger charge is 2.36. The molecule has 8 nitrogen and oxygen atoms in total. The highest BCUT2D eigenvalue weighted by molar-refractivity contribution is 5.90. The van der Waals surface area contributed by atoms with Crippen LogP contribution in [0.1, 0.15) is 48.6 Å². The summed E-state index contributed by atoms with van der Waals surface area (Å²) in [6, 6.07) is 9.43. The molecule has 154 valence electrons. The van der Waals surface area contributed by atoms with E-state index < -0.39 is 17.9 Å². The molecule has 1 atom stereocenters. The third-order valence-corrected chi connectivity index (χ3v) is 4.85. The minimum atomic E-state index is -4.67. The highest BCUT2D eigenvalue weighted by atomic mass is 19.4. The number of nitrogens with zero attached hydrogens (tertiary/aromatic N) is 5. The first kappa shape index (κ1) is 20.5. The van der Waals surface area contributed by atoms with E-state index in [0.29, 0.717) is 0 Å². The van der Waals surface area contributed by atoms with Gasteiger partial charge in [0, 0.05) is 11.5 Å². The molecular formula is C18H20F3N7O. The van der Waals surface area contributed by atoms with Gasteiger partial charge in [0.05, 0.1) is 0 Å². The summed E-state index contributed by atoms with van der Waals surface area (Å²) in [5.74, 6) is -2.16. The standard InChI is InChI=1S/C18H20F3N7O/c1-10(17(3,4)12-8-6-5-7-9-12)22-14(29)13-23-11(2)28(27-13)16-24-15(25-26-16)18(19,20)21/h5-10H,1-4H3,(H,22,29)(H,24,25,26). The Morgan fingerprint density at radius 3 is 2.41 bits per heavy atom. The third kappa shape index (κ3) is 4.13. The van der Waals surface area contributed by atoms with Gasteiger partial charge in [0.2, 0.25) is 11.6 Å². The van der Waals surface area contributed by atoms with Crippen LogP contribution in [0.3, 0.4) is 0 Å². The van der Waals surface area contributed by atoms with E-state index in [2.05, 4.69) is 25.5 Å². The lowest BCUT2D eigenvalue weighted by Gasteiger charge is -2.32. The SMILES string of the molecule is Cc1nc(C(=O)NC(C)C(C)(C)c2ccccc2)nn1-c1n[nH]c(C(F)(F)F)n1. The van der Waals surface area contributed by atoms with Crippen LogP contribution in [0.5, 0.6) is 0 Å². The van der Waals surface area contributed by atoms with Gasteiger partial charge in [-0.2, -0.15) is 22.8 Å². The predicted molar refractivity (Wildman–Crippen MR) is 97.4 cm³/mol. The Morgan fingerprint density at radius 2 is 1.83 bits per heavy atom. The van der Waals surface area contributed by atoms with Crippen molar-refractivity contribution in [1.82, 2.24) is 35.3 Å². The minimum Gasteiger partial charge on any atom is -0.346 e. The van der Waals surface area contributed by atoms with Crippen LogP contribution in [-0.2, 0) is 11.6 Å². The summed E-state index contributed by atoms with van der Waals surface area (Å²) in [4.78, 5) is 20.0. The highest BCUT2D eigenvalue weighted by Crippen LogP contribution is 2.27. The molecule has 1 amide bonds. The minimum absolute atomic E-state index is 0.179. The van der Waals surface area contributed by atoms with Crippen molar-refractivity contribution in [2.24, 2.45) is 0 Å². The number of rotatable bonds is 5. The average molecular weight is 407 g/mol. The summed E-state index contributed by atoms with van der Waals surface area (Å²) >= 11 is 0. The Morgan fingerprint density at radius 1 is 1.17 bits per heavy atom. The van der Waals surface area contributed by atoms with Crippen LogP contribution < -0.4 is 5.32 Å². The second-order valence-electron chi connectivity index (χ2n) is 7.16. The second kappa shape index (κ2) is 7.30. The van der Waals surface area contributed by atoms with Crippen molar-refractivity contribution < 1.29 is 18.0 Å². The molecule has 1 unspecified atom stereocenters. The van der Waals surface area contributed by atoms with E-state index in [4.69, 9.17) is 0 Å².